The molecule has 2 aromatic rings. The van der Waals surface area contributed by atoms with E-state index in [1.807, 2.05) is 45.0 Å². The van der Waals surface area contributed by atoms with Crippen LogP contribution in [0.25, 0.3) is 10.9 Å². The van der Waals surface area contributed by atoms with Crippen molar-refractivity contribution in [3.63, 3.8) is 0 Å². The third kappa shape index (κ3) is 3.06. The highest BCUT2D eigenvalue weighted by atomic mass is 16.3. The number of pyridine rings is 1. The molecule has 0 bridgehead atoms. The van der Waals surface area contributed by atoms with E-state index >= 15 is 0 Å². The summed E-state index contributed by atoms with van der Waals surface area (Å²) in [5.41, 5.74) is 1.79. The van der Waals surface area contributed by atoms with Gasteiger partial charge in [-0.1, -0.05) is 39.0 Å². The highest BCUT2D eigenvalue weighted by molar-refractivity contribution is 5.91. The molecule has 1 atom stereocenters. The number of aliphatic hydroxyl groups is 1. The van der Waals surface area contributed by atoms with Gasteiger partial charge in [0.25, 0.3) is 0 Å². The SMILES string of the molecule is CC(C)(C)C(O)CNc1cc(C#N)nc2ccccc12. The second-order valence-corrected chi connectivity index (χ2v) is 5.95. The van der Waals surface area contributed by atoms with Gasteiger partial charge in [-0.3, -0.25) is 0 Å². The van der Waals surface area contributed by atoms with Crippen molar-refractivity contribution >= 4 is 16.6 Å². The fourth-order valence-electron chi connectivity index (χ4n) is 1.89. The van der Waals surface area contributed by atoms with Gasteiger partial charge in [-0.2, -0.15) is 5.26 Å². The minimum absolute atomic E-state index is 0.187. The fraction of sp³-hybridized carbons (Fsp3) is 0.375. The number of nitriles is 1. The smallest absolute Gasteiger partial charge is 0.143 e. The summed E-state index contributed by atoms with van der Waals surface area (Å²) in [6.07, 6.45) is -0.472. The minimum atomic E-state index is -0.472. The topological polar surface area (TPSA) is 68.9 Å². The van der Waals surface area contributed by atoms with E-state index in [2.05, 4.69) is 16.4 Å². The maximum Gasteiger partial charge on any atom is 0.143 e. The molecule has 0 saturated heterocycles. The molecule has 104 valence electrons. The van der Waals surface area contributed by atoms with Crippen LogP contribution in [-0.2, 0) is 0 Å². The average molecular weight is 269 g/mol. The van der Waals surface area contributed by atoms with E-state index in [0.29, 0.717) is 12.2 Å². The lowest BCUT2D eigenvalue weighted by Gasteiger charge is -2.26. The third-order valence-electron chi connectivity index (χ3n) is 3.32. The number of hydrogen-bond donors (Lipinski definition) is 2. The van der Waals surface area contributed by atoms with E-state index in [1.54, 1.807) is 6.07 Å². The normalized spacial score (nSPS) is 12.9. The summed E-state index contributed by atoms with van der Waals surface area (Å²) in [6, 6.07) is 11.4. The molecule has 20 heavy (non-hydrogen) atoms. The van der Waals surface area contributed by atoms with Crippen molar-refractivity contribution in [3.8, 4) is 6.07 Å². The predicted octanol–water partition coefficient (Wildman–Crippen LogP) is 2.93. The molecule has 0 amide bonds. The molecule has 0 saturated carbocycles. The van der Waals surface area contributed by atoms with Gasteiger partial charge in [-0.05, 0) is 17.5 Å². The first-order valence-corrected chi connectivity index (χ1v) is 6.63. The standard InChI is InChI=1S/C16H19N3O/c1-16(2,3)15(20)10-18-14-8-11(9-17)19-13-7-5-4-6-12(13)14/h4-8,15,20H,10H2,1-3H3,(H,18,19). The van der Waals surface area contributed by atoms with E-state index in [1.165, 1.54) is 0 Å². The fourth-order valence-corrected chi connectivity index (χ4v) is 1.89. The molecule has 0 aliphatic heterocycles. The molecule has 4 nitrogen and oxygen atoms in total. The Bertz CT molecular complexity index is 653. The zero-order valence-corrected chi connectivity index (χ0v) is 12.0. The van der Waals surface area contributed by atoms with Crippen molar-refractivity contribution in [3.05, 3.63) is 36.0 Å². The van der Waals surface area contributed by atoms with Crippen LogP contribution in [0.1, 0.15) is 26.5 Å². The van der Waals surface area contributed by atoms with Crippen LogP contribution in [0.4, 0.5) is 5.69 Å². The van der Waals surface area contributed by atoms with E-state index in [0.717, 1.165) is 16.6 Å². The quantitative estimate of drug-likeness (QED) is 0.899. The Balaban J connectivity index is 2.32. The molecule has 4 heteroatoms. The molecule has 0 fully saturated rings. The summed E-state index contributed by atoms with van der Waals surface area (Å²) >= 11 is 0. The van der Waals surface area contributed by atoms with Gasteiger partial charge in [0.1, 0.15) is 11.8 Å². The average Bonchev–Trinajstić information content (AvgIpc) is 2.42. The molecule has 1 aromatic heterocycles. The van der Waals surface area contributed by atoms with Gasteiger partial charge >= 0.3 is 0 Å². The van der Waals surface area contributed by atoms with Crippen molar-refractivity contribution < 1.29 is 5.11 Å². The number of aromatic nitrogens is 1. The maximum atomic E-state index is 10.1. The molecule has 2 N–H and O–H groups in total. The number of para-hydroxylation sites is 1. The van der Waals surface area contributed by atoms with Crippen LogP contribution < -0.4 is 5.32 Å². The summed E-state index contributed by atoms with van der Waals surface area (Å²) in [6.45, 7) is 6.41. The summed E-state index contributed by atoms with van der Waals surface area (Å²) in [5.74, 6) is 0. The lowest BCUT2D eigenvalue weighted by atomic mass is 9.89. The van der Waals surface area contributed by atoms with E-state index in [9.17, 15) is 5.11 Å². The Kier molecular flexibility index (Phi) is 3.91. The molecule has 1 unspecified atom stereocenters. The molecule has 0 aliphatic carbocycles. The molecule has 0 radical (unpaired) electrons. The number of aliphatic hydroxyl groups excluding tert-OH is 1. The first-order chi connectivity index (χ1) is 9.41. The van der Waals surface area contributed by atoms with Crippen molar-refractivity contribution in [1.82, 2.24) is 4.98 Å². The van der Waals surface area contributed by atoms with Gasteiger partial charge < -0.3 is 10.4 Å². The third-order valence-corrected chi connectivity index (χ3v) is 3.32. The molecule has 1 aromatic carbocycles. The van der Waals surface area contributed by atoms with Gasteiger partial charge in [0.2, 0.25) is 0 Å². The van der Waals surface area contributed by atoms with Crippen LogP contribution in [0, 0.1) is 16.7 Å². The van der Waals surface area contributed by atoms with Crippen molar-refractivity contribution in [2.24, 2.45) is 5.41 Å². The first-order valence-electron chi connectivity index (χ1n) is 6.63. The second kappa shape index (κ2) is 5.48. The number of benzene rings is 1. The predicted molar refractivity (Wildman–Crippen MR) is 80.4 cm³/mol. The van der Waals surface area contributed by atoms with Crippen LogP contribution in [0.2, 0.25) is 0 Å². The molecule has 2 rings (SSSR count). The molecule has 1 heterocycles. The Labute approximate surface area is 119 Å². The molecular weight excluding hydrogens is 250 g/mol. The minimum Gasteiger partial charge on any atom is -0.391 e. The Morgan fingerprint density at radius 2 is 2.05 bits per heavy atom. The van der Waals surface area contributed by atoms with Crippen molar-refractivity contribution in [2.45, 2.75) is 26.9 Å². The van der Waals surface area contributed by atoms with Gasteiger partial charge in [0.15, 0.2) is 0 Å². The van der Waals surface area contributed by atoms with E-state index in [-0.39, 0.29) is 5.41 Å². The number of nitrogens with zero attached hydrogens (tertiary/aromatic N) is 2. The Morgan fingerprint density at radius 1 is 1.35 bits per heavy atom. The maximum absolute atomic E-state index is 10.1. The lowest BCUT2D eigenvalue weighted by molar-refractivity contribution is 0.0746. The van der Waals surface area contributed by atoms with Crippen molar-refractivity contribution in [2.75, 3.05) is 11.9 Å². The van der Waals surface area contributed by atoms with Gasteiger partial charge in [-0.25, -0.2) is 4.98 Å². The van der Waals surface area contributed by atoms with Gasteiger partial charge in [-0.15, -0.1) is 0 Å². The van der Waals surface area contributed by atoms with Gasteiger partial charge in [0.05, 0.1) is 11.6 Å². The number of anilines is 1. The van der Waals surface area contributed by atoms with Crippen LogP contribution >= 0.6 is 0 Å². The Hall–Kier alpha value is -2.12. The number of rotatable bonds is 3. The highest BCUT2D eigenvalue weighted by Crippen LogP contribution is 2.24. The summed E-state index contributed by atoms with van der Waals surface area (Å²) in [7, 11) is 0. The zero-order valence-electron chi connectivity index (χ0n) is 12.0. The summed E-state index contributed by atoms with van der Waals surface area (Å²) in [5, 5.41) is 23.3. The zero-order chi connectivity index (χ0) is 14.8. The molecular formula is C16H19N3O. The first kappa shape index (κ1) is 14.3. The highest BCUT2D eigenvalue weighted by Gasteiger charge is 2.21. The summed E-state index contributed by atoms with van der Waals surface area (Å²) < 4.78 is 0. The van der Waals surface area contributed by atoms with Crippen molar-refractivity contribution in [1.29, 1.82) is 5.26 Å². The van der Waals surface area contributed by atoms with E-state index in [4.69, 9.17) is 5.26 Å². The number of hydrogen-bond acceptors (Lipinski definition) is 4. The molecule has 0 aliphatic rings. The summed E-state index contributed by atoms with van der Waals surface area (Å²) in [4.78, 5) is 4.27. The van der Waals surface area contributed by atoms with Crippen LogP contribution in [-0.4, -0.2) is 22.7 Å². The Morgan fingerprint density at radius 3 is 2.70 bits per heavy atom. The molecule has 0 spiro atoms. The van der Waals surface area contributed by atoms with Crippen LogP contribution in [0.5, 0.6) is 0 Å². The van der Waals surface area contributed by atoms with Gasteiger partial charge in [0, 0.05) is 17.6 Å². The van der Waals surface area contributed by atoms with E-state index < -0.39 is 6.10 Å². The number of nitrogens with one attached hydrogen (secondary N) is 1. The number of fused-ring (bicyclic) bond motifs is 1. The largest absolute Gasteiger partial charge is 0.391 e. The monoisotopic (exact) mass is 269 g/mol. The second-order valence-electron chi connectivity index (χ2n) is 5.95. The lowest BCUT2D eigenvalue weighted by Crippen LogP contribution is -2.32. The van der Waals surface area contributed by atoms with Crippen LogP contribution in [0.15, 0.2) is 30.3 Å². The van der Waals surface area contributed by atoms with Crippen LogP contribution in [0.3, 0.4) is 0 Å².